The summed E-state index contributed by atoms with van der Waals surface area (Å²) in [5.41, 5.74) is 0.898. The summed E-state index contributed by atoms with van der Waals surface area (Å²) in [5, 5.41) is 3.75. The number of fused-ring (bicyclic) bond motifs is 1. The Kier molecular flexibility index (Phi) is 3.73. The highest BCUT2D eigenvalue weighted by Crippen LogP contribution is 2.57. The maximum Gasteiger partial charge on any atom is 0.347 e. The average molecular weight is 265 g/mol. The summed E-state index contributed by atoms with van der Waals surface area (Å²) in [6.07, 6.45) is 4.07. The minimum Gasteiger partial charge on any atom is -0.463 e. The van der Waals surface area contributed by atoms with Crippen LogP contribution in [0.15, 0.2) is 16.8 Å². The van der Waals surface area contributed by atoms with E-state index < -0.39 is 5.97 Å². The predicted molar refractivity (Wildman–Crippen MR) is 69.5 cm³/mol. The molecule has 2 atom stereocenters. The quantitative estimate of drug-likeness (QED) is 0.431. The predicted octanol–water partition coefficient (Wildman–Crippen LogP) is 1.72. The SMILES string of the molecule is CCOC(=O)CO/N=C/C1=CC(=O)[C@H]2C[C@@H]1C2(C)C. The Morgan fingerprint density at radius 1 is 1.53 bits per heavy atom. The molecule has 0 aromatic carbocycles. The number of hydrogen-bond donors (Lipinski definition) is 0. The molecule has 104 valence electrons. The van der Waals surface area contributed by atoms with E-state index in [1.165, 1.54) is 0 Å². The molecule has 0 amide bonds. The molecule has 2 bridgehead atoms. The molecular weight excluding hydrogens is 246 g/mol. The second-order valence-electron chi connectivity index (χ2n) is 5.52. The Morgan fingerprint density at radius 2 is 2.26 bits per heavy atom. The molecule has 3 aliphatic carbocycles. The Morgan fingerprint density at radius 3 is 2.84 bits per heavy atom. The zero-order chi connectivity index (χ0) is 14.0. The van der Waals surface area contributed by atoms with Crippen molar-refractivity contribution in [3.63, 3.8) is 0 Å². The van der Waals surface area contributed by atoms with E-state index in [0.717, 1.165) is 12.0 Å². The summed E-state index contributed by atoms with van der Waals surface area (Å²) in [7, 11) is 0. The van der Waals surface area contributed by atoms with Crippen molar-refractivity contribution in [3.05, 3.63) is 11.6 Å². The average Bonchev–Trinajstić information content (AvgIpc) is 2.33. The van der Waals surface area contributed by atoms with Gasteiger partial charge in [-0.25, -0.2) is 4.79 Å². The molecule has 3 rings (SSSR count). The monoisotopic (exact) mass is 265 g/mol. The van der Waals surface area contributed by atoms with Crippen molar-refractivity contribution in [2.75, 3.05) is 13.2 Å². The smallest absolute Gasteiger partial charge is 0.347 e. The van der Waals surface area contributed by atoms with Crippen molar-refractivity contribution in [3.8, 4) is 0 Å². The molecule has 0 aromatic rings. The van der Waals surface area contributed by atoms with Crippen molar-refractivity contribution in [1.82, 2.24) is 0 Å². The van der Waals surface area contributed by atoms with Gasteiger partial charge in [-0.3, -0.25) is 4.79 Å². The third kappa shape index (κ3) is 2.55. The molecule has 0 radical (unpaired) electrons. The topological polar surface area (TPSA) is 65.0 Å². The third-order valence-electron chi connectivity index (χ3n) is 4.09. The third-order valence-corrected chi connectivity index (χ3v) is 4.09. The lowest BCUT2D eigenvalue weighted by atomic mass is 9.48. The molecule has 0 unspecified atom stereocenters. The maximum absolute atomic E-state index is 11.8. The summed E-state index contributed by atoms with van der Waals surface area (Å²) in [6, 6.07) is 0. The summed E-state index contributed by atoms with van der Waals surface area (Å²) in [4.78, 5) is 27.7. The fraction of sp³-hybridized carbons (Fsp3) is 0.643. The lowest BCUT2D eigenvalue weighted by Gasteiger charge is -2.54. The van der Waals surface area contributed by atoms with E-state index in [9.17, 15) is 9.59 Å². The fourth-order valence-electron chi connectivity index (χ4n) is 2.86. The van der Waals surface area contributed by atoms with Crippen LogP contribution in [0.2, 0.25) is 0 Å². The Hall–Kier alpha value is -1.65. The van der Waals surface area contributed by atoms with Gasteiger partial charge in [0.25, 0.3) is 0 Å². The van der Waals surface area contributed by atoms with Crippen LogP contribution in [0.4, 0.5) is 0 Å². The molecular formula is C14H19NO4. The summed E-state index contributed by atoms with van der Waals surface area (Å²) >= 11 is 0. The molecule has 5 heteroatoms. The van der Waals surface area contributed by atoms with E-state index in [1.54, 1.807) is 19.2 Å². The van der Waals surface area contributed by atoms with Gasteiger partial charge in [0.05, 0.1) is 12.8 Å². The van der Waals surface area contributed by atoms with Gasteiger partial charge >= 0.3 is 5.97 Å². The van der Waals surface area contributed by atoms with Crippen LogP contribution >= 0.6 is 0 Å². The van der Waals surface area contributed by atoms with E-state index in [1.807, 2.05) is 0 Å². The zero-order valence-electron chi connectivity index (χ0n) is 11.5. The number of carbonyl (C=O) groups is 2. The van der Waals surface area contributed by atoms with Crippen molar-refractivity contribution in [1.29, 1.82) is 0 Å². The number of allylic oxidation sites excluding steroid dienone is 2. The van der Waals surface area contributed by atoms with Crippen molar-refractivity contribution in [2.24, 2.45) is 22.4 Å². The van der Waals surface area contributed by atoms with Crippen LogP contribution in [0.1, 0.15) is 27.2 Å². The molecule has 0 heterocycles. The minimum absolute atomic E-state index is 0.00826. The van der Waals surface area contributed by atoms with Gasteiger partial charge in [0.1, 0.15) is 0 Å². The van der Waals surface area contributed by atoms with E-state index in [2.05, 4.69) is 19.0 Å². The number of ketones is 1. The second kappa shape index (κ2) is 5.15. The first-order valence-corrected chi connectivity index (χ1v) is 6.53. The van der Waals surface area contributed by atoms with Gasteiger partial charge in [0.15, 0.2) is 5.78 Å². The molecule has 0 saturated heterocycles. The molecule has 5 nitrogen and oxygen atoms in total. The van der Waals surface area contributed by atoms with Gasteiger partial charge in [0, 0.05) is 5.92 Å². The van der Waals surface area contributed by atoms with Gasteiger partial charge in [0.2, 0.25) is 6.61 Å². The largest absolute Gasteiger partial charge is 0.463 e. The summed E-state index contributed by atoms with van der Waals surface area (Å²) < 4.78 is 4.71. The Balaban J connectivity index is 1.89. The first-order valence-electron chi connectivity index (χ1n) is 6.53. The van der Waals surface area contributed by atoms with Crippen LogP contribution in [0.5, 0.6) is 0 Å². The lowest BCUT2D eigenvalue weighted by Crippen LogP contribution is -2.52. The van der Waals surface area contributed by atoms with Crippen molar-refractivity contribution < 1.29 is 19.2 Å². The molecule has 1 saturated carbocycles. The molecule has 0 aromatic heterocycles. The highest BCUT2D eigenvalue weighted by molar-refractivity contribution is 6.01. The highest BCUT2D eigenvalue weighted by Gasteiger charge is 2.54. The van der Waals surface area contributed by atoms with Crippen LogP contribution in [-0.4, -0.2) is 31.2 Å². The Bertz CT molecular complexity index is 450. The van der Waals surface area contributed by atoms with Crippen molar-refractivity contribution >= 4 is 18.0 Å². The molecule has 19 heavy (non-hydrogen) atoms. The first kappa shape index (κ1) is 13.8. The van der Waals surface area contributed by atoms with Gasteiger partial charge in [-0.1, -0.05) is 19.0 Å². The maximum atomic E-state index is 11.8. The van der Waals surface area contributed by atoms with E-state index >= 15 is 0 Å². The number of nitrogens with zero attached hydrogens (tertiary/aromatic N) is 1. The van der Waals surface area contributed by atoms with Crippen LogP contribution in [-0.2, 0) is 19.2 Å². The van der Waals surface area contributed by atoms with Gasteiger partial charge in [-0.05, 0) is 36.3 Å². The van der Waals surface area contributed by atoms with Crippen LogP contribution in [0.25, 0.3) is 0 Å². The van der Waals surface area contributed by atoms with Crippen molar-refractivity contribution in [2.45, 2.75) is 27.2 Å². The molecule has 0 aliphatic heterocycles. The standard InChI is InChI=1S/C14H19NO4/c1-4-18-13(17)8-19-15-7-9-5-12(16)11-6-10(9)14(11,2)3/h5,7,10-11H,4,6,8H2,1-3H3/b15-7+/t10-,11+/m0/s1. The first-order chi connectivity index (χ1) is 8.96. The normalized spacial score (nSPS) is 27.7. The van der Waals surface area contributed by atoms with Crippen LogP contribution < -0.4 is 0 Å². The van der Waals surface area contributed by atoms with Crippen LogP contribution in [0, 0.1) is 17.3 Å². The van der Waals surface area contributed by atoms with E-state index in [-0.39, 0.29) is 23.7 Å². The number of hydrogen-bond acceptors (Lipinski definition) is 5. The van der Waals surface area contributed by atoms with Crippen LogP contribution in [0.3, 0.4) is 0 Å². The Labute approximate surface area is 112 Å². The second-order valence-corrected chi connectivity index (χ2v) is 5.52. The summed E-state index contributed by atoms with van der Waals surface area (Å²) in [5.74, 6) is 0.219. The van der Waals surface area contributed by atoms with Gasteiger partial charge in [-0.15, -0.1) is 0 Å². The van der Waals surface area contributed by atoms with E-state index in [0.29, 0.717) is 12.5 Å². The molecule has 3 aliphatic rings. The molecule has 0 spiro atoms. The minimum atomic E-state index is -0.447. The van der Waals surface area contributed by atoms with E-state index in [4.69, 9.17) is 9.57 Å². The zero-order valence-corrected chi connectivity index (χ0v) is 11.5. The molecule has 1 fully saturated rings. The van der Waals surface area contributed by atoms with Gasteiger partial charge < -0.3 is 9.57 Å². The lowest BCUT2D eigenvalue weighted by molar-refractivity contribution is -0.148. The fourth-order valence-corrected chi connectivity index (χ4v) is 2.86. The number of ether oxygens (including phenoxy) is 1. The summed E-state index contributed by atoms with van der Waals surface area (Å²) in [6.45, 7) is 6.05. The number of oxime groups is 1. The number of carbonyl (C=O) groups excluding carboxylic acids is 2. The van der Waals surface area contributed by atoms with Gasteiger partial charge in [-0.2, -0.15) is 0 Å². The molecule has 0 N–H and O–H groups in total. The number of esters is 1. The highest BCUT2D eigenvalue weighted by atomic mass is 16.6. The number of rotatable bonds is 5.